The Bertz CT molecular complexity index is 1210. The summed E-state index contributed by atoms with van der Waals surface area (Å²) < 4.78 is 39.9. The van der Waals surface area contributed by atoms with Crippen LogP contribution in [-0.2, 0) is 13.6 Å². The van der Waals surface area contributed by atoms with Gasteiger partial charge < -0.3 is 14.5 Å². The number of H-pyrrole nitrogens is 1. The number of nitrogens with one attached hydrogen (secondary N) is 1. The average molecular weight is 400 g/mol. The summed E-state index contributed by atoms with van der Waals surface area (Å²) in [5.41, 5.74) is 3.98. The van der Waals surface area contributed by atoms with Crippen molar-refractivity contribution in [3.05, 3.63) is 30.2 Å². The maximum Gasteiger partial charge on any atom is 0.388 e. The Morgan fingerprint density at radius 2 is 2.14 bits per heavy atom. The Kier molecular flexibility index (Phi) is 4.00. The highest BCUT2D eigenvalue weighted by Crippen LogP contribution is 2.45. The van der Waals surface area contributed by atoms with Crippen molar-refractivity contribution in [3.63, 3.8) is 0 Å². The van der Waals surface area contributed by atoms with Crippen molar-refractivity contribution in [1.82, 2.24) is 29.5 Å². The van der Waals surface area contributed by atoms with Crippen molar-refractivity contribution in [2.24, 2.45) is 7.05 Å². The van der Waals surface area contributed by atoms with Gasteiger partial charge in [0.25, 0.3) is 0 Å². The van der Waals surface area contributed by atoms with E-state index in [1.54, 1.807) is 25.5 Å². The van der Waals surface area contributed by atoms with Crippen molar-refractivity contribution >= 4 is 11.0 Å². The maximum atomic E-state index is 13.0. The predicted octanol–water partition coefficient (Wildman–Crippen LogP) is 3.52. The minimum atomic E-state index is -2.98. The predicted molar refractivity (Wildman–Crippen MR) is 101 cm³/mol. The van der Waals surface area contributed by atoms with Gasteiger partial charge in [-0.3, -0.25) is 4.68 Å². The molecule has 0 aromatic carbocycles. The van der Waals surface area contributed by atoms with Gasteiger partial charge >= 0.3 is 6.61 Å². The molecule has 0 saturated heterocycles. The molecule has 0 spiro atoms. The van der Waals surface area contributed by atoms with Gasteiger partial charge in [-0.1, -0.05) is 0 Å². The number of aryl methyl sites for hydroxylation is 3. The van der Waals surface area contributed by atoms with Crippen molar-refractivity contribution in [2.75, 3.05) is 6.61 Å². The number of hydrogen-bond acceptors (Lipinski definition) is 5. The number of halogens is 2. The summed E-state index contributed by atoms with van der Waals surface area (Å²) in [4.78, 5) is 7.72. The molecule has 29 heavy (non-hydrogen) atoms. The van der Waals surface area contributed by atoms with E-state index in [4.69, 9.17) is 9.47 Å². The zero-order chi connectivity index (χ0) is 20.1. The van der Waals surface area contributed by atoms with Crippen molar-refractivity contribution in [3.8, 4) is 34.1 Å². The van der Waals surface area contributed by atoms with Crippen LogP contribution in [0.1, 0.15) is 12.1 Å². The Labute approximate surface area is 164 Å². The monoisotopic (exact) mass is 400 g/mol. The van der Waals surface area contributed by atoms with E-state index in [0.717, 1.165) is 29.6 Å². The fourth-order valence-electron chi connectivity index (χ4n) is 3.83. The summed E-state index contributed by atoms with van der Waals surface area (Å²) in [5.74, 6) is 0.509. The lowest BCUT2D eigenvalue weighted by atomic mass is 10.0. The molecule has 0 amide bonds. The summed E-state index contributed by atoms with van der Waals surface area (Å²) >= 11 is 0. The molecule has 0 radical (unpaired) electrons. The zero-order valence-electron chi connectivity index (χ0n) is 15.8. The molecule has 8 nitrogen and oxygen atoms in total. The van der Waals surface area contributed by atoms with Crippen LogP contribution in [0.4, 0.5) is 8.78 Å². The third-order valence-corrected chi connectivity index (χ3v) is 4.92. The molecule has 0 atom stereocenters. The first-order valence-electron chi connectivity index (χ1n) is 9.19. The van der Waals surface area contributed by atoms with Crippen LogP contribution in [0.25, 0.3) is 33.4 Å². The molecular formula is C19H18F2N6O2. The minimum absolute atomic E-state index is 0.145. The molecule has 1 aliphatic rings. The molecule has 10 heteroatoms. The number of aromatic amines is 1. The van der Waals surface area contributed by atoms with Crippen LogP contribution in [-0.4, -0.2) is 42.7 Å². The molecule has 0 aliphatic carbocycles. The quantitative estimate of drug-likeness (QED) is 0.567. The number of rotatable bonds is 4. The topological polar surface area (TPSA) is 82.8 Å². The lowest BCUT2D eigenvalue weighted by Crippen LogP contribution is -2.15. The number of aromatic nitrogens is 6. The van der Waals surface area contributed by atoms with E-state index in [9.17, 15) is 8.78 Å². The summed E-state index contributed by atoms with van der Waals surface area (Å²) in [6.45, 7) is 0.270. The van der Waals surface area contributed by atoms with Crippen LogP contribution >= 0.6 is 0 Å². The highest BCUT2D eigenvalue weighted by atomic mass is 19.3. The zero-order valence-corrected chi connectivity index (χ0v) is 15.8. The van der Waals surface area contributed by atoms with Gasteiger partial charge in [0.2, 0.25) is 11.8 Å². The second-order valence-corrected chi connectivity index (χ2v) is 6.87. The van der Waals surface area contributed by atoms with Crippen LogP contribution < -0.4 is 9.47 Å². The molecular weight excluding hydrogens is 382 g/mol. The van der Waals surface area contributed by atoms with E-state index in [0.29, 0.717) is 35.0 Å². The van der Waals surface area contributed by atoms with E-state index in [1.165, 1.54) is 4.68 Å². The van der Waals surface area contributed by atoms with Crippen molar-refractivity contribution in [2.45, 2.75) is 26.5 Å². The van der Waals surface area contributed by atoms with Gasteiger partial charge in [0.1, 0.15) is 5.65 Å². The van der Waals surface area contributed by atoms with E-state index in [-0.39, 0.29) is 5.88 Å². The lowest BCUT2D eigenvalue weighted by Gasteiger charge is -2.16. The van der Waals surface area contributed by atoms with E-state index >= 15 is 0 Å². The fourth-order valence-corrected chi connectivity index (χ4v) is 3.83. The molecule has 5 heterocycles. The molecule has 0 fully saturated rings. The maximum absolute atomic E-state index is 13.0. The van der Waals surface area contributed by atoms with Crippen molar-refractivity contribution in [1.29, 1.82) is 0 Å². The van der Waals surface area contributed by atoms with Gasteiger partial charge in [-0.2, -0.15) is 13.9 Å². The van der Waals surface area contributed by atoms with Gasteiger partial charge in [0, 0.05) is 43.4 Å². The van der Waals surface area contributed by atoms with Crippen LogP contribution in [0.2, 0.25) is 0 Å². The molecule has 5 rings (SSSR count). The number of nitrogens with zero attached hydrogens (tertiary/aromatic N) is 5. The Hall–Kier alpha value is -3.43. The van der Waals surface area contributed by atoms with Crippen molar-refractivity contribution < 1.29 is 18.3 Å². The molecule has 0 bridgehead atoms. The number of ether oxygens (including phenoxy) is 2. The number of hydrogen-bond donors (Lipinski definition) is 1. The number of fused-ring (bicyclic) bond motifs is 2. The largest absolute Gasteiger partial charge is 0.477 e. The first-order valence-corrected chi connectivity index (χ1v) is 9.19. The molecule has 0 unspecified atom stereocenters. The second kappa shape index (κ2) is 6.57. The Morgan fingerprint density at radius 3 is 2.97 bits per heavy atom. The molecule has 150 valence electrons. The molecule has 1 N–H and O–H groups in total. The van der Waals surface area contributed by atoms with Gasteiger partial charge in [-0.25, -0.2) is 9.67 Å². The fraction of sp³-hybridized carbons (Fsp3) is 0.316. The lowest BCUT2D eigenvalue weighted by molar-refractivity contribution is -0.0527. The normalized spacial score (nSPS) is 13.7. The number of alkyl halides is 2. The summed E-state index contributed by atoms with van der Waals surface area (Å²) in [6.07, 6.45) is 4.20. The third-order valence-electron chi connectivity index (χ3n) is 4.92. The third kappa shape index (κ3) is 2.82. The first kappa shape index (κ1) is 17.7. The Balaban J connectivity index is 1.81. The minimum Gasteiger partial charge on any atom is -0.477 e. The van der Waals surface area contributed by atoms with Crippen LogP contribution in [0.3, 0.4) is 0 Å². The molecule has 4 aromatic heterocycles. The van der Waals surface area contributed by atoms with E-state index < -0.39 is 6.61 Å². The smallest absolute Gasteiger partial charge is 0.388 e. The summed E-state index contributed by atoms with van der Waals surface area (Å²) in [6, 6.07) is 3.67. The van der Waals surface area contributed by atoms with Gasteiger partial charge in [0.05, 0.1) is 29.1 Å². The highest BCUT2D eigenvalue weighted by molar-refractivity contribution is 6.04. The van der Waals surface area contributed by atoms with E-state index in [2.05, 4.69) is 20.2 Å². The Morgan fingerprint density at radius 1 is 1.28 bits per heavy atom. The standard InChI is InChI=1S/C19H18F2N6O2/c1-10-13(18-27(24-10)7-4-8-28-18)15-14(11-5-3-6-22-16(11)23-15)12-9-26(2)25-17(12)29-19(20)21/h3,5-6,9,19H,4,7-8H2,1-2H3,(H,22,23). The molecule has 4 aromatic rings. The first-order chi connectivity index (χ1) is 14.0. The van der Waals surface area contributed by atoms with Crippen LogP contribution in [0.15, 0.2) is 24.5 Å². The van der Waals surface area contributed by atoms with Crippen LogP contribution in [0, 0.1) is 6.92 Å². The van der Waals surface area contributed by atoms with E-state index in [1.807, 2.05) is 17.7 Å². The van der Waals surface area contributed by atoms with Gasteiger partial charge in [-0.15, -0.1) is 5.10 Å². The second-order valence-electron chi connectivity index (χ2n) is 6.87. The number of pyridine rings is 1. The van der Waals surface area contributed by atoms with Gasteiger partial charge in [-0.05, 0) is 19.1 Å². The summed E-state index contributed by atoms with van der Waals surface area (Å²) in [5, 5.41) is 9.43. The highest BCUT2D eigenvalue weighted by Gasteiger charge is 2.29. The van der Waals surface area contributed by atoms with Crippen LogP contribution in [0.5, 0.6) is 11.8 Å². The average Bonchev–Trinajstić information content (AvgIpc) is 3.32. The SMILES string of the molecule is Cc1nn2c(c1-c1[nH]c3ncccc3c1-c1cn(C)nc1OC(F)F)OCCC2. The van der Waals surface area contributed by atoms with Gasteiger partial charge in [0.15, 0.2) is 0 Å². The summed E-state index contributed by atoms with van der Waals surface area (Å²) in [7, 11) is 1.66. The molecule has 0 saturated carbocycles. The molecule has 1 aliphatic heterocycles.